The molecule has 0 bridgehead atoms. The molecule has 0 spiro atoms. The lowest BCUT2D eigenvalue weighted by atomic mass is 9.95. The van der Waals surface area contributed by atoms with Gasteiger partial charge in [-0.25, -0.2) is 4.68 Å². The maximum atomic E-state index is 6.42. The Hall–Kier alpha value is -1.85. The zero-order valence-electron chi connectivity index (χ0n) is 16.3. The maximum Gasteiger partial charge on any atom is 0.0648 e. The number of aromatic nitrogens is 2. The molecule has 4 rings (SSSR count). The van der Waals surface area contributed by atoms with Gasteiger partial charge < -0.3 is 5.73 Å². The zero-order valence-corrected chi connectivity index (χ0v) is 17.9. The normalized spacial score (nSPS) is 19.1. The lowest BCUT2D eigenvalue weighted by molar-refractivity contribution is 0.324. The van der Waals surface area contributed by atoms with Crippen molar-refractivity contribution in [2.45, 2.75) is 32.4 Å². The van der Waals surface area contributed by atoms with Crippen LogP contribution in [0.4, 0.5) is 0 Å². The van der Waals surface area contributed by atoms with Crippen LogP contribution in [0.25, 0.3) is 5.69 Å². The van der Waals surface area contributed by atoms with Crippen LogP contribution in [-0.2, 0) is 6.54 Å². The molecule has 0 saturated carbocycles. The third-order valence-electron chi connectivity index (χ3n) is 5.27. The van der Waals surface area contributed by atoms with Gasteiger partial charge in [0.05, 0.1) is 11.4 Å². The Morgan fingerprint density at radius 2 is 1.64 bits per heavy atom. The predicted octanol–water partition coefficient (Wildman–Crippen LogP) is 4.26. The van der Waals surface area contributed by atoms with Gasteiger partial charge in [0, 0.05) is 37.3 Å². The van der Waals surface area contributed by atoms with E-state index in [0.29, 0.717) is 5.92 Å². The minimum Gasteiger partial charge on any atom is -0.326 e. The van der Waals surface area contributed by atoms with Crippen LogP contribution < -0.4 is 5.73 Å². The van der Waals surface area contributed by atoms with E-state index in [1.54, 1.807) is 0 Å². The summed E-state index contributed by atoms with van der Waals surface area (Å²) in [5, 5.41) is 4.56. The molecule has 150 valence electrons. The highest BCUT2D eigenvalue weighted by molar-refractivity contribution is 5.85. The molecule has 1 aliphatic heterocycles. The van der Waals surface area contributed by atoms with Gasteiger partial charge in [0.25, 0.3) is 0 Å². The van der Waals surface area contributed by atoms with Crippen LogP contribution in [0.3, 0.4) is 0 Å². The molecule has 2 atom stereocenters. The van der Waals surface area contributed by atoms with Crippen molar-refractivity contribution in [3.63, 3.8) is 0 Å². The maximum absolute atomic E-state index is 6.42. The van der Waals surface area contributed by atoms with Crippen molar-refractivity contribution in [2.75, 3.05) is 13.1 Å². The lowest BCUT2D eigenvalue weighted by Crippen LogP contribution is -2.28. The summed E-state index contributed by atoms with van der Waals surface area (Å²) in [6, 6.07) is 21.7. The Morgan fingerprint density at radius 3 is 2.25 bits per heavy atom. The molecule has 0 radical (unpaired) electrons. The topological polar surface area (TPSA) is 47.1 Å². The molecule has 28 heavy (non-hydrogen) atoms. The molecule has 2 N–H and O–H groups in total. The van der Waals surface area contributed by atoms with Crippen molar-refractivity contribution in [1.82, 2.24) is 14.7 Å². The highest BCUT2D eigenvalue weighted by Gasteiger charge is 2.30. The van der Waals surface area contributed by atoms with Gasteiger partial charge >= 0.3 is 0 Å². The van der Waals surface area contributed by atoms with Gasteiger partial charge in [0.1, 0.15) is 0 Å². The highest BCUT2D eigenvalue weighted by atomic mass is 35.5. The van der Waals surface area contributed by atoms with Crippen LogP contribution in [0, 0.1) is 13.8 Å². The molecule has 6 heteroatoms. The minimum atomic E-state index is 0. The molecule has 2 heterocycles. The van der Waals surface area contributed by atoms with Crippen LogP contribution in [0.2, 0.25) is 0 Å². The number of halogens is 2. The Balaban J connectivity index is 0.00000140. The number of rotatable bonds is 4. The van der Waals surface area contributed by atoms with E-state index in [0.717, 1.165) is 36.7 Å². The number of likely N-dealkylation sites (tertiary alicyclic amines) is 1. The zero-order chi connectivity index (χ0) is 18.1. The van der Waals surface area contributed by atoms with Crippen LogP contribution >= 0.6 is 24.8 Å². The molecule has 2 aromatic carbocycles. The average molecular weight is 419 g/mol. The summed E-state index contributed by atoms with van der Waals surface area (Å²) in [5.74, 6) is 0.421. The minimum absolute atomic E-state index is 0. The van der Waals surface area contributed by atoms with E-state index in [9.17, 15) is 0 Å². The first-order chi connectivity index (χ1) is 12.6. The molecule has 3 aromatic rings. The second-order valence-electron chi connectivity index (χ2n) is 7.38. The SMILES string of the molecule is Cc1cc(C)n(-c2ccc(CN3C[C@@H](N)[C@H](c4ccccc4)C3)cc2)n1.Cl.Cl. The van der Waals surface area contributed by atoms with Gasteiger partial charge in [-0.1, -0.05) is 42.5 Å². The third-order valence-corrected chi connectivity index (χ3v) is 5.27. The first-order valence-corrected chi connectivity index (χ1v) is 9.25. The number of hydrogen-bond donors (Lipinski definition) is 1. The summed E-state index contributed by atoms with van der Waals surface area (Å²) in [4.78, 5) is 2.46. The van der Waals surface area contributed by atoms with Gasteiger partial charge in [0.15, 0.2) is 0 Å². The van der Waals surface area contributed by atoms with E-state index in [4.69, 9.17) is 5.73 Å². The first-order valence-electron chi connectivity index (χ1n) is 9.25. The van der Waals surface area contributed by atoms with Gasteiger partial charge in [-0.15, -0.1) is 24.8 Å². The second kappa shape index (κ2) is 9.57. The fourth-order valence-electron chi connectivity index (χ4n) is 3.99. The van der Waals surface area contributed by atoms with E-state index in [2.05, 4.69) is 77.6 Å². The van der Waals surface area contributed by atoms with Crippen LogP contribution in [0.1, 0.15) is 28.4 Å². The predicted molar refractivity (Wildman–Crippen MR) is 120 cm³/mol. The van der Waals surface area contributed by atoms with Crippen molar-refractivity contribution >= 4 is 24.8 Å². The molecule has 0 unspecified atom stereocenters. The number of hydrogen-bond acceptors (Lipinski definition) is 3. The number of benzene rings is 2. The quantitative estimate of drug-likeness (QED) is 0.688. The van der Waals surface area contributed by atoms with Gasteiger partial charge in [-0.05, 0) is 43.2 Å². The summed E-state index contributed by atoms with van der Waals surface area (Å²) in [7, 11) is 0. The fourth-order valence-corrected chi connectivity index (χ4v) is 3.99. The molecule has 4 nitrogen and oxygen atoms in total. The fraction of sp³-hybridized carbons (Fsp3) is 0.318. The molecule has 1 aliphatic rings. The van der Waals surface area contributed by atoms with E-state index in [1.165, 1.54) is 11.1 Å². The average Bonchev–Trinajstić information content (AvgIpc) is 3.18. The largest absolute Gasteiger partial charge is 0.326 e. The van der Waals surface area contributed by atoms with E-state index in [1.807, 2.05) is 11.6 Å². The Kier molecular flexibility index (Phi) is 7.67. The highest BCUT2D eigenvalue weighted by Crippen LogP contribution is 2.27. The van der Waals surface area contributed by atoms with Crippen molar-refractivity contribution in [3.8, 4) is 5.69 Å². The van der Waals surface area contributed by atoms with Gasteiger partial charge in [-0.3, -0.25) is 4.90 Å². The molecule has 0 aliphatic carbocycles. The summed E-state index contributed by atoms with van der Waals surface area (Å²) in [6.45, 7) is 7.01. The summed E-state index contributed by atoms with van der Waals surface area (Å²) >= 11 is 0. The Morgan fingerprint density at radius 1 is 0.964 bits per heavy atom. The van der Waals surface area contributed by atoms with E-state index in [-0.39, 0.29) is 30.9 Å². The van der Waals surface area contributed by atoms with Crippen molar-refractivity contribution in [3.05, 3.63) is 83.2 Å². The molecule has 0 amide bonds. The molecule has 1 fully saturated rings. The summed E-state index contributed by atoms with van der Waals surface area (Å²) in [6.07, 6.45) is 0. The lowest BCUT2D eigenvalue weighted by Gasteiger charge is -2.16. The number of nitrogens with two attached hydrogens (primary N) is 1. The number of aryl methyl sites for hydroxylation is 2. The molecule has 1 saturated heterocycles. The smallest absolute Gasteiger partial charge is 0.0648 e. The molecular weight excluding hydrogens is 391 g/mol. The van der Waals surface area contributed by atoms with Crippen molar-refractivity contribution in [2.24, 2.45) is 5.73 Å². The van der Waals surface area contributed by atoms with Crippen LogP contribution in [0.5, 0.6) is 0 Å². The van der Waals surface area contributed by atoms with Gasteiger partial charge in [-0.2, -0.15) is 5.10 Å². The first kappa shape index (κ1) is 22.4. The van der Waals surface area contributed by atoms with Crippen LogP contribution in [-0.4, -0.2) is 33.8 Å². The van der Waals surface area contributed by atoms with Gasteiger partial charge in [0.2, 0.25) is 0 Å². The standard InChI is InChI=1S/C22H26N4.2ClH/c1-16-12-17(2)26(24-16)20-10-8-18(9-11-20)13-25-14-21(22(23)15-25)19-6-4-3-5-7-19;;/h3-12,21-22H,13-15,23H2,1-2H3;2*1H/t21-,22+;;/m0../s1. The third kappa shape index (κ3) is 4.76. The molecule has 1 aromatic heterocycles. The van der Waals surface area contributed by atoms with Crippen LogP contribution in [0.15, 0.2) is 60.7 Å². The summed E-state index contributed by atoms with van der Waals surface area (Å²) in [5.41, 5.74) is 12.4. The monoisotopic (exact) mass is 418 g/mol. The number of nitrogens with zero attached hydrogens (tertiary/aromatic N) is 3. The van der Waals surface area contributed by atoms with Crippen molar-refractivity contribution < 1.29 is 0 Å². The molecular formula is C22H28Cl2N4. The van der Waals surface area contributed by atoms with Crippen molar-refractivity contribution in [1.29, 1.82) is 0 Å². The second-order valence-corrected chi connectivity index (χ2v) is 7.38. The summed E-state index contributed by atoms with van der Waals surface area (Å²) < 4.78 is 2.00. The Bertz CT molecular complexity index is 877. The van der Waals surface area contributed by atoms with E-state index < -0.39 is 0 Å². The van der Waals surface area contributed by atoms with E-state index >= 15 is 0 Å². The Labute approximate surface area is 179 Å².